The average molecular weight is 859 g/mol. The number of amides is 2. The van der Waals surface area contributed by atoms with Gasteiger partial charge >= 0.3 is 0 Å². The number of carbonyl (C=O) groups is 2. The van der Waals surface area contributed by atoms with Crippen LogP contribution in [0.4, 0.5) is 0 Å². The number of hydrogen-bond donors (Lipinski definition) is 2. The topological polar surface area (TPSA) is 116 Å². The van der Waals surface area contributed by atoms with Crippen LogP contribution in [0.2, 0.25) is 0 Å². The predicted molar refractivity (Wildman–Crippen MR) is 252 cm³/mol. The third-order valence-electron chi connectivity index (χ3n) is 13.9. The molecule has 2 amide bonds. The highest BCUT2D eigenvalue weighted by Crippen LogP contribution is 2.41. The molecule has 2 fully saturated rings. The van der Waals surface area contributed by atoms with Crippen molar-refractivity contribution in [3.05, 3.63) is 138 Å². The van der Waals surface area contributed by atoms with Crippen molar-refractivity contribution < 1.29 is 19.1 Å². The Bertz CT molecular complexity index is 2530. The molecule has 5 heterocycles. The van der Waals surface area contributed by atoms with Gasteiger partial charge in [-0.2, -0.15) is 0 Å². The Balaban J connectivity index is 0.952. The van der Waals surface area contributed by atoms with Crippen molar-refractivity contribution in [2.75, 3.05) is 26.3 Å². The smallest absolute Gasteiger partial charge is 0.233 e. The minimum absolute atomic E-state index is 0.0565. The standard InChI is InChI=1S/C54H62N6O4/c1-53(2,40-18-11-9-12-19-40)51(61)59-29-17-22-46(59)49-55-34-44(57-49)38-25-23-37(24-26-38)39-27-28-43-45-35-56-50(58-45)47-33-42(63-30-15-7-5-6-8-16-31-64-48(43)32-39)36-60(47)52(62)54(3,4)41-20-13-10-14-21-41/h9-14,18-21,23-28,32,34-35,42,46-47H,5-8,15-17,22,29-31,33,36H2,1-4H3,(H,55,57)(H,56,58)/t42-,46-,47-/m0/s1. The first-order valence-electron chi connectivity index (χ1n) is 23.4. The van der Waals surface area contributed by atoms with Gasteiger partial charge in [-0.1, -0.05) is 117 Å². The number of carbonyl (C=O) groups excluding carboxylic acids is 2. The van der Waals surface area contributed by atoms with Gasteiger partial charge in [0.2, 0.25) is 11.8 Å². The number of likely N-dealkylation sites (tertiary alicyclic amines) is 2. The number of aromatic nitrogens is 4. The van der Waals surface area contributed by atoms with Gasteiger partial charge in [0.15, 0.2) is 0 Å². The number of imidazole rings is 2. The van der Waals surface area contributed by atoms with Crippen molar-refractivity contribution >= 4 is 11.8 Å². The summed E-state index contributed by atoms with van der Waals surface area (Å²) in [5.74, 6) is 2.58. The van der Waals surface area contributed by atoms with E-state index < -0.39 is 10.8 Å². The minimum Gasteiger partial charge on any atom is -0.493 e. The molecular weight excluding hydrogens is 797 g/mol. The fourth-order valence-corrected chi connectivity index (χ4v) is 9.90. The number of benzene rings is 4. The highest BCUT2D eigenvalue weighted by atomic mass is 16.5. The van der Waals surface area contributed by atoms with Crippen LogP contribution in [0.1, 0.15) is 120 Å². The summed E-state index contributed by atoms with van der Waals surface area (Å²) < 4.78 is 13.1. The van der Waals surface area contributed by atoms with E-state index in [1.165, 1.54) is 6.42 Å². The van der Waals surface area contributed by atoms with E-state index in [0.717, 1.165) is 114 Å². The summed E-state index contributed by atoms with van der Waals surface area (Å²) in [7, 11) is 0. The SMILES string of the molecule is CC(C)(C(=O)N1CCC[C@H]1c1ncc(-c2ccc(-c3ccc4c(c3)OCCCCCCCCO[C@H]3C[C@@H](c5ncc-4[nH]5)N(C(=O)C(C)(C)c4ccccc4)C3)cc2)[nH]1)c1ccccc1. The second-order valence-electron chi connectivity index (χ2n) is 19.0. The molecule has 6 aromatic rings. The van der Waals surface area contributed by atoms with Crippen LogP contribution in [-0.4, -0.2) is 74.0 Å². The maximum Gasteiger partial charge on any atom is 0.233 e. The molecule has 332 valence electrons. The molecule has 2 N–H and O–H groups in total. The Labute approximate surface area is 377 Å². The Morgan fingerprint density at radius 1 is 0.609 bits per heavy atom. The summed E-state index contributed by atoms with van der Waals surface area (Å²) in [4.78, 5) is 49.4. The van der Waals surface area contributed by atoms with Gasteiger partial charge in [-0.3, -0.25) is 9.59 Å². The first-order valence-corrected chi connectivity index (χ1v) is 23.4. The monoisotopic (exact) mass is 858 g/mol. The zero-order valence-electron chi connectivity index (χ0n) is 37.8. The van der Waals surface area contributed by atoms with Crippen LogP contribution in [0.3, 0.4) is 0 Å². The number of aromatic amines is 2. The van der Waals surface area contributed by atoms with Crippen molar-refractivity contribution in [2.24, 2.45) is 0 Å². The van der Waals surface area contributed by atoms with Crippen LogP contribution in [0, 0.1) is 0 Å². The van der Waals surface area contributed by atoms with Crippen LogP contribution in [0.5, 0.6) is 5.75 Å². The lowest BCUT2D eigenvalue weighted by Crippen LogP contribution is -2.44. The van der Waals surface area contributed by atoms with Crippen LogP contribution in [0.15, 0.2) is 116 Å². The number of hydrogen-bond acceptors (Lipinski definition) is 6. The number of nitrogens with one attached hydrogen (secondary N) is 2. The molecule has 0 spiro atoms. The maximum atomic E-state index is 14.5. The van der Waals surface area contributed by atoms with E-state index in [2.05, 4.69) is 52.4 Å². The second-order valence-corrected chi connectivity index (χ2v) is 19.0. The van der Waals surface area contributed by atoms with Crippen LogP contribution >= 0.6 is 0 Å². The van der Waals surface area contributed by atoms with E-state index in [-0.39, 0.29) is 30.0 Å². The summed E-state index contributed by atoms with van der Waals surface area (Å²) in [5, 5.41) is 0. The molecule has 0 radical (unpaired) electrons. The summed E-state index contributed by atoms with van der Waals surface area (Å²) in [5.41, 5.74) is 6.52. The lowest BCUT2D eigenvalue weighted by molar-refractivity contribution is -0.138. The van der Waals surface area contributed by atoms with Crippen molar-refractivity contribution in [3.63, 3.8) is 0 Å². The molecule has 64 heavy (non-hydrogen) atoms. The molecule has 2 saturated heterocycles. The van der Waals surface area contributed by atoms with E-state index in [9.17, 15) is 9.59 Å². The average Bonchev–Trinajstić information content (AvgIpc) is 4.17. The van der Waals surface area contributed by atoms with Crippen LogP contribution in [0.25, 0.3) is 33.6 Å². The Hall–Kier alpha value is -6.00. The molecule has 0 saturated carbocycles. The van der Waals surface area contributed by atoms with E-state index >= 15 is 0 Å². The highest BCUT2D eigenvalue weighted by Gasteiger charge is 2.44. The van der Waals surface area contributed by atoms with Crippen molar-refractivity contribution in [2.45, 2.75) is 114 Å². The zero-order valence-corrected chi connectivity index (χ0v) is 37.8. The fourth-order valence-electron chi connectivity index (χ4n) is 9.90. The van der Waals surface area contributed by atoms with Crippen molar-refractivity contribution in [1.29, 1.82) is 0 Å². The molecule has 10 nitrogen and oxygen atoms in total. The third-order valence-corrected chi connectivity index (χ3v) is 13.9. The third kappa shape index (κ3) is 8.90. The summed E-state index contributed by atoms with van der Waals surface area (Å²) >= 11 is 0. The molecule has 3 aliphatic rings. The fraction of sp³-hybridized carbons (Fsp3) is 0.407. The quantitative estimate of drug-likeness (QED) is 0.165. The lowest BCUT2D eigenvalue weighted by Gasteiger charge is -2.33. The van der Waals surface area contributed by atoms with Crippen molar-refractivity contribution in [3.8, 4) is 39.4 Å². The van der Waals surface area contributed by atoms with Gasteiger partial charge in [-0.25, -0.2) is 9.97 Å². The second kappa shape index (κ2) is 18.6. The van der Waals surface area contributed by atoms with Gasteiger partial charge in [-0.15, -0.1) is 0 Å². The number of nitrogens with zero attached hydrogens (tertiary/aromatic N) is 4. The molecule has 4 aromatic carbocycles. The molecule has 9 rings (SSSR count). The van der Waals surface area contributed by atoms with Gasteiger partial charge in [0, 0.05) is 31.7 Å². The molecule has 2 aromatic heterocycles. The first-order chi connectivity index (χ1) is 31.1. The zero-order chi connectivity index (χ0) is 44.3. The highest BCUT2D eigenvalue weighted by molar-refractivity contribution is 5.89. The molecule has 4 bridgehead atoms. The van der Waals surface area contributed by atoms with E-state index in [0.29, 0.717) is 26.2 Å². The largest absolute Gasteiger partial charge is 0.493 e. The normalized spacial score (nSPS) is 20.0. The minimum atomic E-state index is -0.713. The van der Waals surface area contributed by atoms with Gasteiger partial charge < -0.3 is 29.2 Å². The molecule has 0 aliphatic carbocycles. The lowest BCUT2D eigenvalue weighted by atomic mass is 9.83. The van der Waals surface area contributed by atoms with Gasteiger partial charge in [0.25, 0.3) is 0 Å². The molecular formula is C54H62N6O4. The number of fused-ring (bicyclic) bond motifs is 7. The maximum absolute atomic E-state index is 14.5. The Morgan fingerprint density at radius 2 is 1.17 bits per heavy atom. The van der Waals surface area contributed by atoms with Gasteiger partial charge in [0.1, 0.15) is 17.4 Å². The number of rotatable bonds is 7. The molecule has 0 unspecified atom stereocenters. The van der Waals surface area contributed by atoms with Crippen LogP contribution < -0.4 is 4.74 Å². The first kappa shape index (κ1) is 43.3. The summed E-state index contributed by atoms with van der Waals surface area (Å²) in [6, 6.07) is 34.7. The summed E-state index contributed by atoms with van der Waals surface area (Å²) in [6.07, 6.45) is 12.8. The van der Waals surface area contributed by atoms with Gasteiger partial charge in [-0.05, 0) is 93.3 Å². The molecule has 3 atom stereocenters. The predicted octanol–water partition coefficient (Wildman–Crippen LogP) is 11.1. The Kier molecular flexibility index (Phi) is 12.6. The molecule has 10 heteroatoms. The van der Waals surface area contributed by atoms with E-state index in [1.54, 1.807) is 0 Å². The Morgan fingerprint density at radius 3 is 1.86 bits per heavy atom. The van der Waals surface area contributed by atoms with E-state index in [1.807, 2.05) is 111 Å². The molecule has 3 aliphatic heterocycles. The van der Waals surface area contributed by atoms with Crippen LogP contribution in [-0.2, 0) is 25.2 Å². The number of ether oxygens (including phenoxy) is 2. The van der Waals surface area contributed by atoms with Crippen molar-refractivity contribution in [1.82, 2.24) is 29.7 Å². The number of H-pyrrole nitrogens is 2. The van der Waals surface area contributed by atoms with Gasteiger partial charge in [0.05, 0.1) is 59.4 Å². The van der Waals surface area contributed by atoms with E-state index in [4.69, 9.17) is 19.4 Å². The summed E-state index contributed by atoms with van der Waals surface area (Å²) in [6.45, 7) is 10.6.